The van der Waals surface area contributed by atoms with E-state index in [4.69, 9.17) is 0 Å². The van der Waals surface area contributed by atoms with E-state index in [0.717, 1.165) is 12.1 Å². The topological polar surface area (TPSA) is 17.1 Å². The molecule has 0 unspecified atom stereocenters. The van der Waals surface area contributed by atoms with Crippen LogP contribution in [0.1, 0.15) is 21.5 Å². The van der Waals surface area contributed by atoms with Crippen LogP contribution in [0.3, 0.4) is 0 Å². The van der Waals surface area contributed by atoms with Crippen LogP contribution in [-0.2, 0) is 0 Å². The lowest BCUT2D eigenvalue weighted by Gasteiger charge is -2.22. The van der Waals surface area contributed by atoms with E-state index in [9.17, 15) is 31.1 Å². The predicted molar refractivity (Wildman–Crippen MR) is 55.8 cm³/mol. The van der Waals surface area contributed by atoms with Gasteiger partial charge in [-0.05, 0) is 26.0 Å². The van der Waals surface area contributed by atoms with Gasteiger partial charge in [0.05, 0.1) is 0 Å². The minimum Gasteiger partial charge on any atom is -0.293 e. The molecule has 0 spiro atoms. The van der Waals surface area contributed by atoms with Crippen LogP contribution in [-0.4, -0.2) is 18.1 Å². The number of hydrogen-bond acceptors (Lipinski definition) is 1. The van der Waals surface area contributed by atoms with Gasteiger partial charge in [0, 0.05) is 5.56 Å². The molecule has 1 aromatic carbocycles. The van der Waals surface area contributed by atoms with Crippen LogP contribution in [0.25, 0.3) is 0 Å². The van der Waals surface area contributed by atoms with Crippen LogP contribution in [0.2, 0.25) is 0 Å². The molecule has 7 heteroatoms. The maximum Gasteiger partial charge on any atom is 0.407 e. The average Bonchev–Trinajstić information content (AvgIpc) is 2.10. The minimum atomic E-state index is -5.66. The second-order valence-corrected chi connectivity index (χ2v) is 4.26. The fraction of sp³-hybridized carbons (Fsp3) is 0.417. The number of carbonyl (C=O) groups is 1. The van der Waals surface area contributed by atoms with Crippen molar-refractivity contribution in [2.24, 2.45) is 5.92 Å². The zero-order valence-corrected chi connectivity index (χ0v) is 9.99. The van der Waals surface area contributed by atoms with Crippen molar-refractivity contribution in [3.05, 3.63) is 34.9 Å². The molecule has 1 rings (SSSR count). The first-order chi connectivity index (χ1) is 8.43. The van der Waals surface area contributed by atoms with Crippen molar-refractivity contribution in [2.45, 2.75) is 26.2 Å². The summed E-state index contributed by atoms with van der Waals surface area (Å²) in [6, 6.07) is 3.58. The molecule has 0 atom stereocenters. The molecule has 0 aliphatic heterocycles. The molecule has 0 saturated heterocycles. The Bertz CT molecular complexity index is 452. The summed E-state index contributed by atoms with van der Waals surface area (Å²) in [4.78, 5) is 11.5. The summed E-state index contributed by atoms with van der Waals surface area (Å²) in [5, 5.41) is 0. The highest BCUT2D eigenvalue weighted by atomic mass is 19.4. The normalized spacial score (nSPS) is 12.9. The lowest BCUT2D eigenvalue weighted by atomic mass is 9.94. The Kier molecular flexibility index (Phi) is 3.97. The number of benzene rings is 1. The molecular weight excluding hydrogens is 274 g/mol. The molecule has 0 fully saturated rings. The highest BCUT2D eigenvalue weighted by Crippen LogP contribution is 2.41. The molecule has 1 nitrogen and oxygen atoms in total. The fourth-order valence-corrected chi connectivity index (χ4v) is 1.77. The second kappa shape index (κ2) is 4.86. The van der Waals surface area contributed by atoms with Gasteiger partial charge in [0.1, 0.15) is 0 Å². The molecule has 0 aliphatic rings. The van der Waals surface area contributed by atoms with E-state index in [0.29, 0.717) is 11.1 Å². The Morgan fingerprint density at radius 1 is 0.895 bits per heavy atom. The van der Waals surface area contributed by atoms with Crippen molar-refractivity contribution in [3.8, 4) is 0 Å². The summed E-state index contributed by atoms with van der Waals surface area (Å²) in [7, 11) is 0. The number of rotatable bonds is 2. The Morgan fingerprint density at radius 2 is 1.26 bits per heavy atom. The Labute approximate surface area is 105 Å². The number of aryl methyl sites for hydroxylation is 2. The van der Waals surface area contributed by atoms with Crippen molar-refractivity contribution in [2.75, 3.05) is 0 Å². The van der Waals surface area contributed by atoms with E-state index >= 15 is 0 Å². The first kappa shape index (κ1) is 15.5. The lowest BCUT2D eigenvalue weighted by molar-refractivity contribution is -0.264. The van der Waals surface area contributed by atoms with Crippen molar-refractivity contribution in [3.63, 3.8) is 0 Å². The van der Waals surface area contributed by atoms with Crippen molar-refractivity contribution in [1.29, 1.82) is 0 Å². The molecule has 0 amide bonds. The number of alkyl halides is 6. The van der Waals surface area contributed by atoms with E-state index in [1.807, 2.05) is 0 Å². The molecule has 1 aromatic rings. The van der Waals surface area contributed by atoms with Gasteiger partial charge < -0.3 is 0 Å². The van der Waals surface area contributed by atoms with Gasteiger partial charge in [-0.3, -0.25) is 4.79 Å². The zero-order chi connectivity index (χ0) is 15.0. The van der Waals surface area contributed by atoms with Crippen LogP contribution in [0.15, 0.2) is 18.2 Å². The van der Waals surface area contributed by atoms with E-state index in [2.05, 4.69) is 0 Å². The van der Waals surface area contributed by atoms with Gasteiger partial charge in [0.2, 0.25) is 5.92 Å². The van der Waals surface area contributed by atoms with Gasteiger partial charge in [0.15, 0.2) is 5.78 Å². The monoisotopic (exact) mass is 284 g/mol. The quantitative estimate of drug-likeness (QED) is 0.587. The third kappa shape index (κ3) is 3.71. The van der Waals surface area contributed by atoms with Crippen LogP contribution in [0, 0.1) is 19.8 Å². The largest absolute Gasteiger partial charge is 0.407 e. The van der Waals surface area contributed by atoms with Gasteiger partial charge >= 0.3 is 12.4 Å². The molecule has 0 saturated carbocycles. The zero-order valence-electron chi connectivity index (χ0n) is 9.99. The number of halogens is 6. The number of carbonyl (C=O) groups excluding carboxylic acids is 1. The highest BCUT2D eigenvalue weighted by molar-refractivity contribution is 5.99. The summed E-state index contributed by atoms with van der Waals surface area (Å²) in [6.45, 7) is 2.97. The third-order valence-corrected chi connectivity index (χ3v) is 2.42. The molecule has 0 radical (unpaired) electrons. The van der Waals surface area contributed by atoms with Crippen molar-refractivity contribution < 1.29 is 31.1 Å². The first-order valence-electron chi connectivity index (χ1n) is 5.19. The molecule has 0 aliphatic carbocycles. The summed E-state index contributed by atoms with van der Waals surface area (Å²) in [6.07, 6.45) is -11.3. The Balaban J connectivity index is 3.28. The molecular formula is C12H10F6O. The fourth-order valence-electron chi connectivity index (χ4n) is 1.77. The maximum absolute atomic E-state index is 12.4. The second-order valence-electron chi connectivity index (χ2n) is 4.26. The van der Waals surface area contributed by atoms with E-state index in [1.54, 1.807) is 6.07 Å². The first-order valence-corrected chi connectivity index (χ1v) is 5.19. The van der Waals surface area contributed by atoms with Crippen molar-refractivity contribution >= 4 is 5.78 Å². The van der Waals surface area contributed by atoms with Gasteiger partial charge in [-0.1, -0.05) is 17.2 Å². The van der Waals surface area contributed by atoms with Crippen LogP contribution < -0.4 is 0 Å². The third-order valence-electron chi connectivity index (χ3n) is 2.42. The van der Waals surface area contributed by atoms with E-state index < -0.39 is 29.6 Å². The number of Topliss-reactive ketones (excluding diaryl/α,β-unsaturated/α-hetero) is 1. The Morgan fingerprint density at radius 3 is 1.58 bits per heavy atom. The molecule has 0 heterocycles. The summed E-state index contributed by atoms with van der Waals surface area (Å²) < 4.78 is 74.5. The molecule has 0 N–H and O–H groups in total. The summed E-state index contributed by atoms with van der Waals surface area (Å²) >= 11 is 0. The van der Waals surface area contributed by atoms with Gasteiger partial charge in [-0.2, -0.15) is 26.3 Å². The average molecular weight is 284 g/mol. The summed E-state index contributed by atoms with van der Waals surface area (Å²) in [5.74, 6) is -5.96. The number of ketones is 1. The molecule has 19 heavy (non-hydrogen) atoms. The molecule has 0 aromatic heterocycles. The SMILES string of the molecule is Cc1cc(C)cc(C(=O)C(C(F)(F)F)C(F)(F)F)c1. The van der Waals surface area contributed by atoms with E-state index in [-0.39, 0.29) is 0 Å². The van der Waals surface area contributed by atoms with E-state index in [1.165, 1.54) is 13.8 Å². The molecule has 106 valence electrons. The van der Waals surface area contributed by atoms with Gasteiger partial charge in [-0.25, -0.2) is 0 Å². The van der Waals surface area contributed by atoms with Gasteiger partial charge in [0.25, 0.3) is 0 Å². The van der Waals surface area contributed by atoms with Crippen molar-refractivity contribution in [1.82, 2.24) is 0 Å². The van der Waals surface area contributed by atoms with Gasteiger partial charge in [-0.15, -0.1) is 0 Å². The lowest BCUT2D eigenvalue weighted by Crippen LogP contribution is -2.42. The molecule has 0 bridgehead atoms. The van der Waals surface area contributed by atoms with Crippen LogP contribution in [0.5, 0.6) is 0 Å². The maximum atomic E-state index is 12.4. The number of hydrogen-bond donors (Lipinski definition) is 0. The predicted octanol–water partition coefficient (Wildman–Crippen LogP) is 4.23. The summed E-state index contributed by atoms with van der Waals surface area (Å²) in [5.41, 5.74) is 0.259. The van der Waals surface area contributed by atoms with Crippen LogP contribution >= 0.6 is 0 Å². The minimum absolute atomic E-state index is 0.423. The Hall–Kier alpha value is -1.53. The smallest absolute Gasteiger partial charge is 0.293 e. The standard InChI is InChI=1S/C12H10F6O/c1-6-3-7(2)5-8(4-6)9(19)10(11(13,14)15)12(16,17)18/h3-5,10H,1-2H3. The van der Waals surface area contributed by atoms with Crippen LogP contribution in [0.4, 0.5) is 26.3 Å². The highest BCUT2D eigenvalue weighted by Gasteiger charge is 2.60.